The third-order valence-electron chi connectivity index (χ3n) is 5.64. The van der Waals surface area contributed by atoms with E-state index in [1.807, 2.05) is 13.8 Å². The Bertz CT molecular complexity index is 322. The van der Waals surface area contributed by atoms with Gasteiger partial charge in [-0.2, -0.15) is 0 Å². The van der Waals surface area contributed by atoms with Crippen molar-refractivity contribution in [2.75, 3.05) is 6.61 Å². The predicted octanol–water partition coefficient (Wildman–Crippen LogP) is 8.08. The number of hydrogen-bond acceptors (Lipinski definition) is 2. The van der Waals surface area contributed by atoms with Gasteiger partial charge in [0.25, 0.3) is 0 Å². The van der Waals surface area contributed by atoms with Crippen molar-refractivity contribution in [2.24, 2.45) is 11.3 Å². The molecule has 0 aromatic heterocycles. The first-order chi connectivity index (χ1) is 12.4. The molecule has 0 aliphatic heterocycles. The van der Waals surface area contributed by atoms with E-state index in [1.54, 1.807) is 0 Å². The van der Waals surface area contributed by atoms with Gasteiger partial charge in [-0.25, -0.2) is 0 Å². The summed E-state index contributed by atoms with van der Waals surface area (Å²) in [6.45, 7) is 11.4. The Labute approximate surface area is 164 Å². The molecule has 1 atom stereocenters. The van der Waals surface area contributed by atoms with Crippen LogP contribution in [0.15, 0.2) is 0 Å². The lowest BCUT2D eigenvalue weighted by Gasteiger charge is -2.25. The van der Waals surface area contributed by atoms with Crippen molar-refractivity contribution in [2.45, 2.75) is 131 Å². The minimum atomic E-state index is -0.0318. The molecule has 0 aromatic rings. The molecule has 0 saturated heterocycles. The zero-order valence-electron chi connectivity index (χ0n) is 18.7. The second-order valence-electron chi connectivity index (χ2n) is 9.00. The van der Waals surface area contributed by atoms with Crippen LogP contribution >= 0.6 is 0 Å². The Hall–Kier alpha value is -0.530. The third-order valence-corrected chi connectivity index (χ3v) is 5.64. The molecule has 156 valence electrons. The van der Waals surface area contributed by atoms with Crippen molar-refractivity contribution in [3.63, 3.8) is 0 Å². The van der Waals surface area contributed by atoms with Gasteiger partial charge < -0.3 is 4.74 Å². The molecule has 0 aromatic carbocycles. The summed E-state index contributed by atoms with van der Waals surface area (Å²) in [6, 6.07) is 0. The van der Waals surface area contributed by atoms with E-state index in [4.69, 9.17) is 4.74 Å². The van der Waals surface area contributed by atoms with Crippen LogP contribution in [0.25, 0.3) is 0 Å². The number of esters is 1. The van der Waals surface area contributed by atoms with Crippen LogP contribution in [-0.2, 0) is 9.53 Å². The molecule has 0 aliphatic carbocycles. The molecule has 1 unspecified atom stereocenters. The van der Waals surface area contributed by atoms with Crippen LogP contribution in [0.3, 0.4) is 0 Å². The highest BCUT2D eigenvalue weighted by Gasteiger charge is 2.19. The first-order valence-corrected chi connectivity index (χ1v) is 11.6. The van der Waals surface area contributed by atoms with Crippen molar-refractivity contribution in [1.82, 2.24) is 0 Å². The Balaban J connectivity index is 3.53. The highest BCUT2D eigenvalue weighted by atomic mass is 16.5. The van der Waals surface area contributed by atoms with Gasteiger partial charge in [-0.1, -0.05) is 105 Å². The molecule has 0 heterocycles. The summed E-state index contributed by atoms with van der Waals surface area (Å²) in [5.41, 5.74) is 0.410. The summed E-state index contributed by atoms with van der Waals surface area (Å²) in [7, 11) is 0. The van der Waals surface area contributed by atoms with E-state index in [-0.39, 0.29) is 11.9 Å². The fourth-order valence-electron chi connectivity index (χ4n) is 3.68. The molecule has 0 radical (unpaired) electrons. The second-order valence-corrected chi connectivity index (χ2v) is 9.00. The van der Waals surface area contributed by atoms with E-state index >= 15 is 0 Å². The number of rotatable bonds is 18. The van der Waals surface area contributed by atoms with Crippen LogP contribution in [0.1, 0.15) is 131 Å². The van der Waals surface area contributed by atoms with Gasteiger partial charge in [-0.05, 0) is 31.6 Å². The van der Waals surface area contributed by atoms with Gasteiger partial charge in [0.2, 0.25) is 0 Å². The van der Waals surface area contributed by atoms with Crippen molar-refractivity contribution in [3.05, 3.63) is 0 Å². The summed E-state index contributed by atoms with van der Waals surface area (Å²) in [5, 5.41) is 0. The lowest BCUT2D eigenvalue weighted by molar-refractivity contribution is -0.147. The Morgan fingerprint density at radius 2 is 1.23 bits per heavy atom. The van der Waals surface area contributed by atoms with Crippen LogP contribution in [0, 0.1) is 11.3 Å². The first kappa shape index (κ1) is 25.5. The van der Waals surface area contributed by atoms with Gasteiger partial charge in [0.15, 0.2) is 0 Å². The Morgan fingerprint density at radius 3 is 1.73 bits per heavy atom. The average molecular weight is 369 g/mol. The topological polar surface area (TPSA) is 26.3 Å². The molecular weight excluding hydrogens is 320 g/mol. The van der Waals surface area contributed by atoms with E-state index in [0.717, 1.165) is 12.8 Å². The molecule has 0 spiro atoms. The standard InChI is InChI=1S/C24H48O2/c1-6-8-9-10-11-12-13-14-15-16-17-20-24(4,5)21-18-19-22(3)23(25)26-7-2/h22H,6-21H2,1-5H3. The Morgan fingerprint density at radius 1 is 0.769 bits per heavy atom. The van der Waals surface area contributed by atoms with Gasteiger partial charge in [0.1, 0.15) is 0 Å². The number of unbranched alkanes of at least 4 members (excludes halogenated alkanes) is 10. The van der Waals surface area contributed by atoms with E-state index in [2.05, 4.69) is 20.8 Å². The summed E-state index contributed by atoms with van der Waals surface area (Å²) < 4.78 is 5.09. The monoisotopic (exact) mass is 368 g/mol. The van der Waals surface area contributed by atoms with Crippen molar-refractivity contribution >= 4 is 5.97 Å². The van der Waals surface area contributed by atoms with E-state index < -0.39 is 0 Å². The number of hydrogen-bond donors (Lipinski definition) is 0. The predicted molar refractivity (Wildman–Crippen MR) is 115 cm³/mol. The van der Waals surface area contributed by atoms with Crippen LogP contribution in [0.4, 0.5) is 0 Å². The van der Waals surface area contributed by atoms with E-state index in [1.165, 1.54) is 83.5 Å². The molecule has 2 heteroatoms. The average Bonchev–Trinajstić information content (AvgIpc) is 2.59. The minimum absolute atomic E-state index is 0.0318. The maximum Gasteiger partial charge on any atom is 0.308 e. The van der Waals surface area contributed by atoms with Crippen LogP contribution in [-0.4, -0.2) is 12.6 Å². The fraction of sp³-hybridized carbons (Fsp3) is 0.958. The summed E-state index contributed by atoms with van der Waals surface area (Å²) in [4.78, 5) is 11.7. The maximum atomic E-state index is 11.7. The molecule has 26 heavy (non-hydrogen) atoms. The zero-order valence-corrected chi connectivity index (χ0v) is 18.7. The minimum Gasteiger partial charge on any atom is -0.466 e. The largest absolute Gasteiger partial charge is 0.466 e. The molecule has 0 fully saturated rings. The smallest absolute Gasteiger partial charge is 0.308 e. The van der Waals surface area contributed by atoms with Gasteiger partial charge >= 0.3 is 5.97 Å². The van der Waals surface area contributed by atoms with E-state index in [9.17, 15) is 4.79 Å². The Kier molecular flexibility index (Phi) is 16.3. The van der Waals surface area contributed by atoms with Crippen LogP contribution < -0.4 is 0 Å². The summed E-state index contributed by atoms with van der Waals surface area (Å²) in [5.74, 6) is 0.0170. The molecule has 2 nitrogen and oxygen atoms in total. The molecule has 0 rings (SSSR count). The highest BCUT2D eigenvalue weighted by molar-refractivity contribution is 5.71. The number of carbonyl (C=O) groups is 1. The van der Waals surface area contributed by atoms with Gasteiger partial charge in [-0.3, -0.25) is 4.79 Å². The third kappa shape index (κ3) is 15.7. The molecule has 0 bridgehead atoms. The highest BCUT2D eigenvalue weighted by Crippen LogP contribution is 2.31. The molecular formula is C24H48O2. The quantitative estimate of drug-likeness (QED) is 0.180. The number of ether oxygens (including phenoxy) is 1. The maximum absolute atomic E-state index is 11.7. The van der Waals surface area contributed by atoms with Crippen molar-refractivity contribution in [1.29, 1.82) is 0 Å². The van der Waals surface area contributed by atoms with Gasteiger partial charge in [0.05, 0.1) is 12.5 Å². The first-order valence-electron chi connectivity index (χ1n) is 11.6. The van der Waals surface area contributed by atoms with Gasteiger partial charge in [0, 0.05) is 0 Å². The van der Waals surface area contributed by atoms with Crippen molar-refractivity contribution < 1.29 is 9.53 Å². The SMILES string of the molecule is CCCCCCCCCCCCCC(C)(C)CCCC(C)C(=O)OCC. The molecule has 0 aliphatic rings. The second kappa shape index (κ2) is 16.6. The van der Waals surface area contributed by atoms with Crippen LogP contribution in [0.2, 0.25) is 0 Å². The molecule has 0 saturated carbocycles. The normalized spacial score (nSPS) is 13.0. The van der Waals surface area contributed by atoms with Gasteiger partial charge in [-0.15, -0.1) is 0 Å². The zero-order chi connectivity index (χ0) is 19.7. The fourth-order valence-corrected chi connectivity index (χ4v) is 3.68. The lowest BCUT2D eigenvalue weighted by atomic mass is 9.81. The number of carbonyl (C=O) groups excluding carboxylic acids is 1. The summed E-state index contributed by atoms with van der Waals surface area (Å²) >= 11 is 0. The molecule has 0 amide bonds. The van der Waals surface area contributed by atoms with Crippen LogP contribution in [0.5, 0.6) is 0 Å². The summed E-state index contributed by atoms with van der Waals surface area (Å²) in [6.07, 6.45) is 20.1. The van der Waals surface area contributed by atoms with E-state index in [0.29, 0.717) is 12.0 Å². The molecule has 0 N–H and O–H groups in total. The lowest BCUT2D eigenvalue weighted by Crippen LogP contribution is -2.16. The van der Waals surface area contributed by atoms with Crippen molar-refractivity contribution in [3.8, 4) is 0 Å².